The molecule has 0 aliphatic carbocycles. The quantitative estimate of drug-likeness (QED) is 0.572. The Morgan fingerprint density at radius 3 is 2.50 bits per heavy atom. The van der Waals surface area contributed by atoms with Gasteiger partial charge in [0.05, 0.1) is 12.9 Å². The molecule has 5 heteroatoms. The summed E-state index contributed by atoms with van der Waals surface area (Å²) < 4.78 is 39.3. The van der Waals surface area contributed by atoms with Crippen molar-refractivity contribution in [1.29, 1.82) is 0 Å². The molecule has 0 fully saturated rings. The van der Waals surface area contributed by atoms with E-state index in [4.69, 9.17) is 0 Å². The number of halogens is 1. The highest BCUT2D eigenvalue weighted by Gasteiger charge is 2.09. The van der Waals surface area contributed by atoms with Crippen molar-refractivity contribution in [1.82, 2.24) is 0 Å². The highest BCUT2D eigenvalue weighted by molar-refractivity contribution is 7.85. The van der Waals surface area contributed by atoms with E-state index in [1.54, 1.807) is 24.3 Å². The van der Waals surface area contributed by atoms with Gasteiger partial charge in [-0.25, -0.2) is 4.39 Å². The number of benzene rings is 1. The lowest BCUT2D eigenvalue weighted by Crippen LogP contribution is -2.05. The zero-order chi connectivity index (χ0) is 12.0. The summed E-state index contributed by atoms with van der Waals surface area (Å²) in [7, 11) is -3.41. The first-order valence-corrected chi connectivity index (χ1v) is 6.84. The van der Waals surface area contributed by atoms with Crippen molar-refractivity contribution in [2.24, 2.45) is 0 Å². The molecular weight excluding hydrogens is 231 g/mol. The van der Waals surface area contributed by atoms with Crippen LogP contribution in [0.5, 0.6) is 0 Å². The Hall–Kier alpha value is -0.940. The molecule has 1 rings (SSSR count). The molecule has 1 unspecified atom stereocenters. The second-order valence-electron chi connectivity index (χ2n) is 3.55. The van der Waals surface area contributed by atoms with Gasteiger partial charge in [0.25, 0.3) is 10.1 Å². The highest BCUT2D eigenvalue weighted by Crippen LogP contribution is 2.22. The molecule has 1 atom stereocenters. The van der Waals surface area contributed by atoms with Crippen molar-refractivity contribution in [2.45, 2.75) is 19.0 Å². The number of alkyl halides is 1. The summed E-state index contributed by atoms with van der Waals surface area (Å²) in [4.78, 5) is 0. The molecule has 0 N–H and O–H groups in total. The van der Waals surface area contributed by atoms with Gasteiger partial charge in [-0.15, -0.1) is 0 Å². The number of rotatable bonds is 6. The molecule has 0 aliphatic rings. The van der Waals surface area contributed by atoms with E-state index < -0.39 is 16.3 Å². The zero-order valence-corrected chi connectivity index (χ0v) is 9.91. The van der Waals surface area contributed by atoms with Crippen LogP contribution in [0.15, 0.2) is 30.3 Å². The van der Waals surface area contributed by atoms with E-state index >= 15 is 0 Å². The molecule has 0 saturated heterocycles. The van der Waals surface area contributed by atoms with Crippen LogP contribution in [0.4, 0.5) is 4.39 Å². The molecule has 0 aliphatic heterocycles. The first-order valence-electron chi connectivity index (χ1n) is 5.02. The van der Waals surface area contributed by atoms with Crippen molar-refractivity contribution >= 4 is 10.1 Å². The maximum absolute atomic E-state index is 13.6. The maximum atomic E-state index is 13.6. The smallest absolute Gasteiger partial charge is 0.264 e. The second-order valence-corrected chi connectivity index (χ2v) is 5.19. The van der Waals surface area contributed by atoms with Crippen molar-refractivity contribution < 1.29 is 17.0 Å². The molecule has 0 radical (unpaired) electrons. The predicted molar refractivity (Wildman–Crippen MR) is 60.3 cm³/mol. The van der Waals surface area contributed by atoms with Crippen LogP contribution in [0, 0.1) is 0 Å². The molecule has 0 saturated carbocycles. The van der Waals surface area contributed by atoms with Gasteiger partial charge in [0, 0.05) is 0 Å². The lowest BCUT2D eigenvalue weighted by molar-refractivity contribution is 0.265. The molecule has 0 amide bonds. The van der Waals surface area contributed by atoms with Crippen molar-refractivity contribution in [3.8, 4) is 0 Å². The first-order chi connectivity index (χ1) is 7.49. The van der Waals surface area contributed by atoms with E-state index in [0.717, 1.165) is 6.26 Å². The SMILES string of the molecule is CS(=O)(=O)OCCCC(F)c1ccccc1. The highest BCUT2D eigenvalue weighted by atomic mass is 32.2. The van der Waals surface area contributed by atoms with Gasteiger partial charge in [0.2, 0.25) is 0 Å². The Morgan fingerprint density at radius 1 is 1.31 bits per heavy atom. The third-order valence-corrected chi connectivity index (χ3v) is 2.66. The molecule has 0 heterocycles. The summed E-state index contributed by atoms with van der Waals surface area (Å²) in [5.41, 5.74) is 0.613. The fraction of sp³-hybridized carbons (Fsp3) is 0.455. The van der Waals surface area contributed by atoms with Gasteiger partial charge >= 0.3 is 0 Å². The molecule has 0 aromatic heterocycles. The zero-order valence-electron chi connectivity index (χ0n) is 9.10. The van der Waals surface area contributed by atoms with Crippen molar-refractivity contribution in [3.05, 3.63) is 35.9 Å². The average Bonchev–Trinajstić information content (AvgIpc) is 2.24. The topological polar surface area (TPSA) is 43.4 Å². The summed E-state index contributed by atoms with van der Waals surface area (Å²) in [5.74, 6) is 0. The van der Waals surface area contributed by atoms with Crippen LogP contribution in [-0.4, -0.2) is 21.3 Å². The molecule has 90 valence electrons. The van der Waals surface area contributed by atoms with Crippen LogP contribution in [0.2, 0.25) is 0 Å². The van der Waals surface area contributed by atoms with E-state index in [9.17, 15) is 12.8 Å². The standard InChI is InChI=1S/C11H15FO3S/c1-16(13,14)15-9-5-8-11(12)10-6-3-2-4-7-10/h2-4,6-7,11H,5,8-9H2,1H3. The molecule has 0 bridgehead atoms. The predicted octanol–water partition coefficient (Wildman–Crippen LogP) is 2.45. The third-order valence-electron chi connectivity index (χ3n) is 2.06. The van der Waals surface area contributed by atoms with Gasteiger partial charge < -0.3 is 0 Å². The molecule has 16 heavy (non-hydrogen) atoms. The largest absolute Gasteiger partial charge is 0.270 e. The van der Waals surface area contributed by atoms with Gasteiger partial charge in [0.15, 0.2) is 0 Å². The van der Waals surface area contributed by atoms with Crippen LogP contribution < -0.4 is 0 Å². The summed E-state index contributed by atoms with van der Waals surface area (Å²) in [6, 6.07) is 8.79. The van der Waals surface area contributed by atoms with E-state index in [0.29, 0.717) is 12.0 Å². The maximum Gasteiger partial charge on any atom is 0.264 e. The molecule has 3 nitrogen and oxygen atoms in total. The van der Waals surface area contributed by atoms with Crippen molar-refractivity contribution in [2.75, 3.05) is 12.9 Å². The van der Waals surface area contributed by atoms with Gasteiger partial charge in [-0.05, 0) is 18.4 Å². The molecule has 1 aromatic carbocycles. The van der Waals surface area contributed by atoms with Crippen LogP contribution in [0.1, 0.15) is 24.6 Å². The van der Waals surface area contributed by atoms with Crippen LogP contribution >= 0.6 is 0 Å². The van der Waals surface area contributed by atoms with Crippen molar-refractivity contribution in [3.63, 3.8) is 0 Å². The van der Waals surface area contributed by atoms with Gasteiger partial charge in [-0.1, -0.05) is 30.3 Å². The van der Waals surface area contributed by atoms with E-state index in [1.165, 1.54) is 0 Å². The summed E-state index contributed by atoms with van der Waals surface area (Å²) in [5, 5.41) is 0. The van der Waals surface area contributed by atoms with Gasteiger partial charge in [-0.3, -0.25) is 4.18 Å². The minimum Gasteiger partial charge on any atom is -0.270 e. The fourth-order valence-electron chi connectivity index (χ4n) is 1.30. The van der Waals surface area contributed by atoms with Gasteiger partial charge in [0.1, 0.15) is 6.17 Å². The van der Waals surface area contributed by atoms with Gasteiger partial charge in [-0.2, -0.15) is 8.42 Å². The van der Waals surface area contributed by atoms with Crippen LogP contribution in [-0.2, 0) is 14.3 Å². The van der Waals surface area contributed by atoms with Crippen LogP contribution in [0.25, 0.3) is 0 Å². The summed E-state index contributed by atoms with van der Waals surface area (Å²) in [6.45, 7) is 0.0338. The molecule has 1 aromatic rings. The van der Waals surface area contributed by atoms with E-state index in [-0.39, 0.29) is 13.0 Å². The lowest BCUT2D eigenvalue weighted by Gasteiger charge is -2.07. The Labute approximate surface area is 95.4 Å². The number of hydrogen-bond acceptors (Lipinski definition) is 3. The minimum absolute atomic E-state index is 0.0338. The molecular formula is C11H15FO3S. The average molecular weight is 246 g/mol. The Kier molecular flexibility index (Phi) is 4.89. The third kappa shape index (κ3) is 5.23. The van der Waals surface area contributed by atoms with E-state index in [1.807, 2.05) is 6.07 Å². The number of hydrogen-bond donors (Lipinski definition) is 0. The Balaban J connectivity index is 2.29. The van der Waals surface area contributed by atoms with E-state index in [2.05, 4.69) is 4.18 Å². The minimum atomic E-state index is -3.41. The monoisotopic (exact) mass is 246 g/mol. The fourth-order valence-corrected chi connectivity index (χ4v) is 1.72. The lowest BCUT2D eigenvalue weighted by atomic mass is 10.1. The summed E-state index contributed by atoms with van der Waals surface area (Å²) >= 11 is 0. The Morgan fingerprint density at radius 2 is 1.94 bits per heavy atom. The first kappa shape index (κ1) is 13.1. The normalized spacial score (nSPS) is 13.6. The summed E-state index contributed by atoms with van der Waals surface area (Å²) in [6.07, 6.45) is 0.559. The second kappa shape index (κ2) is 5.96. The molecule has 0 spiro atoms. The van der Waals surface area contributed by atoms with Crippen LogP contribution in [0.3, 0.4) is 0 Å². The Bertz CT molecular complexity index is 402.